The van der Waals surface area contributed by atoms with E-state index in [2.05, 4.69) is 6.92 Å². The number of ether oxygens (including phenoxy) is 1. The highest BCUT2D eigenvalue weighted by Gasteiger charge is 2.50. The average Bonchev–Trinajstić information content (AvgIpc) is 3.37. The minimum absolute atomic E-state index is 0.00256. The SMILES string of the molecule is CCc1ccc(N2C[C@H](C(=O)Oc3cccc(N4C(=O)[C@@H]5[C@H](C)C=CC[C@H]5C4=O)c3)CC2=O)cc1. The van der Waals surface area contributed by atoms with Crippen molar-refractivity contribution in [2.45, 2.75) is 33.1 Å². The Bertz CT molecular complexity index is 1220. The molecule has 180 valence electrons. The molecule has 7 heteroatoms. The first-order chi connectivity index (χ1) is 16.9. The summed E-state index contributed by atoms with van der Waals surface area (Å²) in [5, 5.41) is 0. The lowest BCUT2D eigenvalue weighted by Gasteiger charge is -2.22. The van der Waals surface area contributed by atoms with Crippen LogP contribution >= 0.6 is 0 Å². The lowest BCUT2D eigenvalue weighted by atomic mass is 9.78. The predicted molar refractivity (Wildman–Crippen MR) is 131 cm³/mol. The van der Waals surface area contributed by atoms with Gasteiger partial charge in [0.2, 0.25) is 17.7 Å². The Morgan fingerprint density at radius 2 is 1.80 bits per heavy atom. The van der Waals surface area contributed by atoms with Crippen LogP contribution < -0.4 is 14.5 Å². The van der Waals surface area contributed by atoms with Crippen molar-refractivity contribution in [2.24, 2.45) is 23.7 Å². The highest BCUT2D eigenvalue weighted by molar-refractivity contribution is 6.22. The Morgan fingerprint density at radius 3 is 2.51 bits per heavy atom. The van der Waals surface area contributed by atoms with Gasteiger partial charge in [0.05, 0.1) is 23.4 Å². The number of hydrogen-bond acceptors (Lipinski definition) is 5. The zero-order valence-electron chi connectivity index (χ0n) is 19.8. The zero-order valence-corrected chi connectivity index (χ0v) is 19.8. The van der Waals surface area contributed by atoms with E-state index in [1.807, 2.05) is 43.3 Å². The second kappa shape index (κ2) is 9.13. The van der Waals surface area contributed by atoms with Gasteiger partial charge in [-0.25, -0.2) is 4.90 Å². The minimum Gasteiger partial charge on any atom is -0.426 e. The maximum Gasteiger partial charge on any atom is 0.316 e. The molecule has 2 saturated heterocycles. The van der Waals surface area contributed by atoms with Gasteiger partial charge in [-0.15, -0.1) is 0 Å². The summed E-state index contributed by atoms with van der Waals surface area (Å²) in [4.78, 5) is 54.4. The maximum atomic E-state index is 13.1. The van der Waals surface area contributed by atoms with E-state index in [4.69, 9.17) is 4.74 Å². The largest absolute Gasteiger partial charge is 0.426 e. The number of aryl methyl sites for hydroxylation is 1. The van der Waals surface area contributed by atoms with Gasteiger partial charge in [0, 0.05) is 24.7 Å². The smallest absolute Gasteiger partial charge is 0.316 e. The second-order valence-electron chi connectivity index (χ2n) is 9.51. The molecule has 4 atom stereocenters. The summed E-state index contributed by atoms with van der Waals surface area (Å²) in [6.07, 6.45) is 5.49. The number of hydrogen-bond donors (Lipinski definition) is 0. The third-order valence-corrected chi connectivity index (χ3v) is 7.28. The quantitative estimate of drug-likeness (QED) is 0.285. The molecular formula is C28H28N2O5. The van der Waals surface area contributed by atoms with Gasteiger partial charge in [0.1, 0.15) is 5.75 Å². The maximum absolute atomic E-state index is 13.1. The second-order valence-corrected chi connectivity index (χ2v) is 9.51. The third-order valence-electron chi connectivity index (χ3n) is 7.28. The fourth-order valence-electron chi connectivity index (χ4n) is 5.31. The summed E-state index contributed by atoms with van der Waals surface area (Å²) in [6, 6.07) is 14.2. The lowest BCUT2D eigenvalue weighted by Crippen LogP contribution is -2.31. The van der Waals surface area contributed by atoms with Crippen molar-refractivity contribution in [3.8, 4) is 5.75 Å². The molecular weight excluding hydrogens is 444 g/mol. The number of fused-ring (bicyclic) bond motifs is 1. The summed E-state index contributed by atoms with van der Waals surface area (Å²) in [6.45, 7) is 4.27. The molecule has 0 unspecified atom stereocenters. The minimum atomic E-state index is -0.596. The first kappa shape index (κ1) is 23.0. The van der Waals surface area contributed by atoms with E-state index in [0.717, 1.165) is 12.1 Å². The van der Waals surface area contributed by atoms with Crippen LogP contribution in [0.1, 0.15) is 32.3 Å². The van der Waals surface area contributed by atoms with Crippen molar-refractivity contribution >= 4 is 35.1 Å². The van der Waals surface area contributed by atoms with Crippen LogP contribution in [0.15, 0.2) is 60.7 Å². The van der Waals surface area contributed by atoms with Crippen LogP contribution in [0.2, 0.25) is 0 Å². The molecule has 2 fully saturated rings. The molecule has 0 N–H and O–H groups in total. The monoisotopic (exact) mass is 472 g/mol. The Labute approximate surface area is 204 Å². The first-order valence-corrected chi connectivity index (χ1v) is 12.1. The number of carbonyl (C=O) groups excluding carboxylic acids is 4. The normalized spacial score (nSPS) is 25.8. The van der Waals surface area contributed by atoms with Gasteiger partial charge in [-0.1, -0.05) is 44.2 Å². The van der Waals surface area contributed by atoms with Crippen LogP contribution in [0.3, 0.4) is 0 Å². The molecule has 2 aromatic carbocycles. The van der Waals surface area contributed by atoms with E-state index in [9.17, 15) is 19.2 Å². The summed E-state index contributed by atoms with van der Waals surface area (Å²) in [5.41, 5.74) is 2.34. The van der Waals surface area contributed by atoms with E-state index < -0.39 is 11.9 Å². The number of nitrogens with zero attached hydrogens (tertiary/aromatic N) is 2. The van der Waals surface area contributed by atoms with E-state index in [0.29, 0.717) is 12.1 Å². The van der Waals surface area contributed by atoms with E-state index in [-0.39, 0.29) is 54.2 Å². The molecule has 2 heterocycles. The fraction of sp³-hybridized carbons (Fsp3) is 0.357. The molecule has 0 radical (unpaired) electrons. The molecule has 0 aromatic heterocycles. The van der Waals surface area contributed by atoms with Gasteiger partial charge in [-0.05, 0) is 48.6 Å². The summed E-state index contributed by atoms with van der Waals surface area (Å²) in [7, 11) is 0. The Morgan fingerprint density at radius 1 is 1.03 bits per heavy atom. The highest BCUT2D eigenvalue weighted by atomic mass is 16.5. The van der Waals surface area contributed by atoms with Crippen LogP contribution in [-0.4, -0.2) is 30.2 Å². The number of esters is 1. The number of amides is 3. The van der Waals surface area contributed by atoms with Crippen LogP contribution in [-0.2, 0) is 25.6 Å². The molecule has 5 rings (SSSR count). The molecule has 0 bridgehead atoms. The van der Waals surface area contributed by atoms with Crippen molar-refractivity contribution in [1.82, 2.24) is 0 Å². The molecule has 0 saturated carbocycles. The van der Waals surface area contributed by atoms with Gasteiger partial charge < -0.3 is 9.64 Å². The average molecular weight is 473 g/mol. The zero-order chi connectivity index (χ0) is 24.7. The molecule has 3 amide bonds. The summed E-state index contributed by atoms with van der Waals surface area (Å²) >= 11 is 0. The highest BCUT2D eigenvalue weighted by Crippen LogP contribution is 2.41. The first-order valence-electron chi connectivity index (χ1n) is 12.1. The summed E-state index contributed by atoms with van der Waals surface area (Å²) < 4.78 is 5.60. The van der Waals surface area contributed by atoms with E-state index in [1.165, 1.54) is 10.5 Å². The summed E-state index contributed by atoms with van der Waals surface area (Å²) in [5.74, 6) is -2.13. The van der Waals surface area contributed by atoms with Gasteiger partial charge >= 0.3 is 5.97 Å². The lowest BCUT2D eigenvalue weighted by molar-refractivity contribution is -0.139. The topological polar surface area (TPSA) is 84.0 Å². The van der Waals surface area contributed by atoms with Crippen molar-refractivity contribution in [1.29, 1.82) is 0 Å². The van der Waals surface area contributed by atoms with Crippen LogP contribution in [0.25, 0.3) is 0 Å². The fourth-order valence-corrected chi connectivity index (χ4v) is 5.31. The molecule has 1 aliphatic carbocycles. The van der Waals surface area contributed by atoms with Crippen molar-refractivity contribution in [3.05, 3.63) is 66.2 Å². The number of carbonyl (C=O) groups is 4. The number of anilines is 2. The van der Waals surface area contributed by atoms with Gasteiger partial charge in [0.15, 0.2) is 0 Å². The van der Waals surface area contributed by atoms with Gasteiger partial charge in [-0.3, -0.25) is 19.2 Å². The number of imide groups is 1. The van der Waals surface area contributed by atoms with Crippen LogP contribution in [0, 0.1) is 23.7 Å². The molecule has 2 aliphatic heterocycles. The van der Waals surface area contributed by atoms with Crippen LogP contribution in [0.5, 0.6) is 5.75 Å². The Hall–Kier alpha value is -3.74. The number of allylic oxidation sites excluding steroid dienone is 2. The van der Waals surface area contributed by atoms with Crippen molar-refractivity contribution in [2.75, 3.05) is 16.3 Å². The van der Waals surface area contributed by atoms with Crippen molar-refractivity contribution in [3.63, 3.8) is 0 Å². The number of benzene rings is 2. The Kier molecular flexibility index (Phi) is 6.01. The number of rotatable bonds is 5. The molecule has 35 heavy (non-hydrogen) atoms. The van der Waals surface area contributed by atoms with E-state index in [1.54, 1.807) is 29.2 Å². The van der Waals surface area contributed by atoms with Crippen molar-refractivity contribution < 1.29 is 23.9 Å². The van der Waals surface area contributed by atoms with E-state index >= 15 is 0 Å². The van der Waals surface area contributed by atoms with Gasteiger partial charge in [-0.2, -0.15) is 0 Å². The predicted octanol–water partition coefficient (Wildman–Crippen LogP) is 3.91. The molecule has 3 aliphatic rings. The molecule has 2 aromatic rings. The Balaban J connectivity index is 1.28. The third kappa shape index (κ3) is 4.16. The van der Waals surface area contributed by atoms with Crippen LogP contribution in [0.4, 0.5) is 11.4 Å². The molecule has 0 spiro atoms. The molecule has 7 nitrogen and oxygen atoms in total. The standard InChI is InChI=1S/C28H28N2O5/c1-3-18-10-12-20(13-11-18)29-16-19(14-24(29)31)28(34)35-22-8-5-7-21(15-22)30-26(32)23-9-4-6-17(2)25(23)27(30)33/h4-8,10-13,15,17,19,23,25H,3,9,14,16H2,1-2H3/t17-,19-,23-,25-/m1/s1. The van der Waals surface area contributed by atoms with Gasteiger partial charge in [0.25, 0.3) is 0 Å².